The summed E-state index contributed by atoms with van der Waals surface area (Å²) < 4.78 is 5.39. The summed E-state index contributed by atoms with van der Waals surface area (Å²) in [6.45, 7) is 4.05. The van der Waals surface area contributed by atoms with Crippen LogP contribution in [0.2, 0.25) is 5.15 Å². The number of aromatic nitrogens is 2. The molecule has 0 fully saturated rings. The van der Waals surface area contributed by atoms with Crippen LogP contribution in [0.5, 0.6) is 5.75 Å². The fraction of sp³-hybridized carbons (Fsp3) is 0.200. The highest BCUT2D eigenvalue weighted by Crippen LogP contribution is 2.34. The Kier molecular flexibility index (Phi) is 3.36. The summed E-state index contributed by atoms with van der Waals surface area (Å²) in [4.78, 5) is 11.3. The molecule has 0 unspecified atom stereocenters. The molecule has 0 saturated carbocycles. The second kappa shape index (κ2) is 5.04. The van der Waals surface area contributed by atoms with Crippen LogP contribution in [0, 0.1) is 13.8 Å². The lowest BCUT2D eigenvalue weighted by Crippen LogP contribution is -1.95. The second-order valence-corrected chi connectivity index (χ2v) is 6.20. The highest BCUT2D eigenvalue weighted by molar-refractivity contribution is 7.15. The van der Waals surface area contributed by atoms with Crippen molar-refractivity contribution in [2.24, 2.45) is 0 Å². The number of benzene rings is 1. The molecule has 0 N–H and O–H groups in total. The van der Waals surface area contributed by atoms with Crippen molar-refractivity contribution in [3.05, 3.63) is 39.9 Å². The van der Waals surface area contributed by atoms with Crippen molar-refractivity contribution in [1.29, 1.82) is 0 Å². The number of methoxy groups -OCH3 is 1. The zero-order chi connectivity index (χ0) is 14.3. The van der Waals surface area contributed by atoms with E-state index in [1.54, 1.807) is 18.4 Å². The topological polar surface area (TPSA) is 35.0 Å². The molecule has 0 radical (unpaired) electrons. The third-order valence-electron chi connectivity index (χ3n) is 3.16. The largest absolute Gasteiger partial charge is 0.494 e. The first-order chi connectivity index (χ1) is 9.60. The lowest BCUT2D eigenvalue weighted by molar-refractivity contribution is 0.419. The van der Waals surface area contributed by atoms with Gasteiger partial charge in [0.2, 0.25) is 0 Å². The van der Waals surface area contributed by atoms with E-state index in [2.05, 4.69) is 23.0 Å². The van der Waals surface area contributed by atoms with Crippen LogP contribution in [0.3, 0.4) is 0 Å². The number of halogens is 1. The van der Waals surface area contributed by atoms with Gasteiger partial charge >= 0.3 is 0 Å². The fourth-order valence-corrected chi connectivity index (χ4v) is 3.27. The van der Waals surface area contributed by atoms with Gasteiger partial charge in [-0.1, -0.05) is 17.7 Å². The van der Waals surface area contributed by atoms with E-state index in [4.69, 9.17) is 16.3 Å². The summed E-state index contributed by atoms with van der Waals surface area (Å²) in [5.41, 5.74) is 1.80. The van der Waals surface area contributed by atoms with Gasteiger partial charge in [0.1, 0.15) is 16.4 Å². The maximum absolute atomic E-state index is 6.35. The van der Waals surface area contributed by atoms with Gasteiger partial charge in [0.05, 0.1) is 12.0 Å². The van der Waals surface area contributed by atoms with E-state index in [-0.39, 0.29) is 0 Å². The average Bonchev–Trinajstić information content (AvgIpc) is 2.85. The molecule has 3 aromatic rings. The van der Waals surface area contributed by atoms with Gasteiger partial charge in [-0.25, -0.2) is 9.97 Å². The van der Waals surface area contributed by atoms with Crippen molar-refractivity contribution in [2.45, 2.75) is 13.8 Å². The van der Waals surface area contributed by atoms with Gasteiger partial charge in [-0.15, -0.1) is 11.3 Å². The Morgan fingerprint density at radius 2 is 1.90 bits per heavy atom. The van der Waals surface area contributed by atoms with Crippen LogP contribution < -0.4 is 4.74 Å². The average molecular weight is 305 g/mol. The highest BCUT2D eigenvalue weighted by atomic mass is 35.5. The third kappa shape index (κ3) is 2.15. The van der Waals surface area contributed by atoms with E-state index in [1.807, 2.05) is 25.1 Å². The maximum atomic E-state index is 6.35. The Bertz CT molecular complexity index is 798. The molecule has 0 amide bonds. The number of hydrogen-bond donors (Lipinski definition) is 0. The van der Waals surface area contributed by atoms with Gasteiger partial charge in [-0.3, -0.25) is 0 Å². The van der Waals surface area contributed by atoms with Crippen LogP contribution in [-0.4, -0.2) is 17.1 Å². The van der Waals surface area contributed by atoms with E-state index < -0.39 is 0 Å². The quantitative estimate of drug-likeness (QED) is 0.647. The first kappa shape index (κ1) is 13.3. The van der Waals surface area contributed by atoms with Crippen LogP contribution in [0.1, 0.15) is 10.4 Å². The molecule has 0 saturated heterocycles. The molecule has 2 aromatic heterocycles. The molecule has 3 nitrogen and oxygen atoms in total. The number of fused-ring (bicyclic) bond motifs is 1. The minimum absolute atomic E-state index is 0.465. The molecule has 0 aliphatic carbocycles. The fourth-order valence-electron chi connectivity index (χ4n) is 2.15. The van der Waals surface area contributed by atoms with Crippen molar-refractivity contribution >= 4 is 33.8 Å². The third-order valence-corrected chi connectivity index (χ3v) is 4.43. The SMILES string of the molecule is COc1ccc(C)c2c(Cl)nc(-c3ccc(C)s3)nc12. The van der Waals surface area contributed by atoms with Gasteiger partial charge in [0.15, 0.2) is 5.82 Å². The Morgan fingerprint density at radius 1 is 1.10 bits per heavy atom. The summed E-state index contributed by atoms with van der Waals surface area (Å²) >= 11 is 8.00. The molecule has 0 aliphatic rings. The van der Waals surface area contributed by atoms with E-state index in [0.29, 0.717) is 16.7 Å². The van der Waals surface area contributed by atoms with Crippen molar-refractivity contribution in [3.63, 3.8) is 0 Å². The summed E-state index contributed by atoms with van der Waals surface area (Å²) in [5.74, 6) is 1.36. The van der Waals surface area contributed by atoms with Gasteiger partial charge in [0.25, 0.3) is 0 Å². The summed E-state index contributed by atoms with van der Waals surface area (Å²) in [6, 6.07) is 7.94. The lowest BCUT2D eigenvalue weighted by Gasteiger charge is -2.09. The first-order valence-corrected chi connectivity index (χ1v) is 7.37. The normalized spacial score (nSPS) is 11.0. The van der Waals surface area contributed by atoms with Crippen LogP contribution in [0.25, 0.3) is 21.6 Å². The van der Waals surface area contributed by atoms with E-state index in [9.17, 15) is 0 Å². The smallest absolute Gasteiger partial charge is 0.171 e. The van der Waals surface area contributed by atoms with Crippen molar-refractivity contribution < 1.29 is 4.74 Å². The zero-order valence-electron chi connectivity index (χ0n) is 11.4. The monoisotopic (exact) mass is 304 g/mol. The molecule has 1 aromatic carbocycles. The van der Waals surface area contributed by atoms with Crippen LogP contribution in [0.15, 0.2) is 24.3 Å². The van der Waals surface area contributed by atoms with E-state index in [0.717, 1.165) is 21.3 Å². The molecular weight excluding hydrogens is 292 g/mol. The van der Waals surface area contributed by atoms with Gasteiger partial charge in [-0.05, 0) is 37.6 Å². The van der Waals surface area contributed by atoms with Gasteiger partial charge in [0, 0.05) is 10.3 Å². The number of aryl methyl sites for hydroxylation is 2. The Morgan fingerprint density at radius 3 is 2.55 bits per heavy atom. The van der Waals surface area contributed by atoms with Gasteiger partial charge in [-0.2, -0.15) is 0 Å². The van der Waals surface area contributed by atoms with Crippen molar-refractivity contribution in [3.8, 4) is 16.5 Å². The number of rotatable bonds is 2. The molecule has 3 rings (SSSR count). The molecule has 0 spiro atoms. The van der Waals surface area contributed by atoms with Crippen LogP contribution in [0.4, 0.5) is 0 Å². The lowest BCUT2D eigenvalue weighted by atomic mass is 10.1. The second-order valence-electron chi connectivity index (χ2n) is 4.56. The number of ether oxygens (including phenoxy) is 1. The van der Waals surface area contributed by atoms with Gasteiger partial charge < -0.3 is 4.74 Å². The van der Waals surface area contributed by atoms with E-state index in [1.165, 1.54) is 4.88 Å². The number of hydrogen-bond acceptors (Lipinski definition) is 4. The standard InChI is InChI=1S/C15H13ClN2OS/c1-8-4-6-10(19-3)13-12(8)14(16)18-15(17-13)11-7-5-9(2)20-11/h4-7H,1-3H3. The minimum Gasteiger partial charge on any atom is -0.494 e. The van der Waals surface area contributed by atoms with Crippen molar-refractivity contribution in [1.82, 2.24) is 9.97 Å². The molecule has 0 atom stereocenters. The number of nitrogens with zero attached hydrogens (tertiary/aromatic N) is 2. The maximum Gasteiger partial charge on any atom is 0.171 e. The predicted octanol–water partition coefficient (Wildman–Crippen LogP) is 4.64. The Labute approximate surface area is 126 Å². The molecule has 2 heterocycles. The summed E-state index contributed by atoms with van der Waals surface area (Å²) in [5, 5.41) is 1.32. The van der Waals surface area contributed by atoms with Crippen LogP contribution >= 0.6 is 22.9 Å². The Hall–Kier alpha value is -1.65. The summed E-state index contributed by atoms with van der Waals surface area (Å²) in [7, 11) is 1.63. The van der Waals surface area contributed by atoms with E-state index >= 15 is 0 Å². The molecule has 0 aliphatic heterocycles. The molecule has 102 valence electrons. The van der Waals surface area contributed by atoms with Crippen molar-refractivity contribution in [2.75, 3.05) is 7.11 Å². The molecule has 5 heteroatoms. The summed E-state index contributed by atoms with van der Waals surface area (Å²) in [6.07, 6.45) is 0. The predicted molar refractivity (Wildman–Crippen MR) is 83.9 cm³/mol. The highest BCUT2D eigenvalue weighted by Gasteiger charge is 2.14. The molecule has 20 heavy (non-hydrogen) atoms. The first-order valence-electron chi connectivity index (χ1n) is 6.18. The Balaban J connectivity index is 2.32. The van der Waals surface area contributed by atoms with Crippen LogP contribution in [-0.2, 0) is 0 Å². The molecular formula is C15H13ClN2OS. The number of thiophene rings is 1. The minimum atomic E-state index is 0.465. The molecule has 0 bridgehead atoms. The zero-order valence-corrected chi connectivity index (χ0v) is 13.0.